The Morgan fingerprint density at radius 1 is 1.33 bits per heavy atom. The molecule has 0 aromatic heterocycles. The van der Waals surface area contributed by atoms with Crippen LogP contribution in [0.15, 0.2) is 46.9 Å². The summed E-state index contributed by atoms with van der Waals surface area (Å²) in [4.78, 5) is 26.0. The van der Waals surface area contributed by atoms with E-state index in [-0.39, 0.29) is 11.8 Å². The second-order valence-electron chi connectivity index (χ2n) is 6.37. The second kappa shape index (κ2) is 8.76. The van der Waals surface area contributed by atoms with Gasteiger partial charge in [0.15, 0.2) is 6.10 Å². The predicted octanol–water partition coefficient (Wildman–Crippen LogP) is 4.31. The maximum absolute atomic E-state index is 12.4. The highest BCUT2D eigenvalue weighted by atomic mass is 79.9. The molecule has 5 nitrogen and oxygen atoms in total. The van der Waals surface area contributed by atoms with E-state index in [4.69, 9.17) is 16.3 Å². The Kier molecular flexibility index (Phi) is 6.39. The monoisotopic (exact) mass is 450 g/mol. The first kappa shape index (κ1) is 19.7. The Morgan fingerprint density at radius 2 is 2.15 bits per heavy atom. The minimum absolute atomic E-state index is 0.145. The number of nitrogens with zero attached hydrogens (tertiary/aromatic N) is 1. The van der Waals surface area contributed by atoms with E-state index < -0.39 is 6.10 Å². The van der Waals surface area contributed by atoms with E-state index in [0.29, 0.717) is 28.2 Å². The summed E-state index contributed by atoms with van der Waals surface area (Å²) in [6.07, 6.45) is 0.816. The van der Waals surface area contributed by atoms with E-state index in [1.54, 1.807) is 30.0 Å². The first-order chi connectivity index (χ1) is 12.9. The van der Waals surface area contributed by atoms with Crippen molar-refractivity contribution >= 4 is 45.0 Å². The molecule has 1 fully saturated rings. The lowest BCUT2D eigenvalue weighted by atomic mass is 10.2. The van der Waals surface area contributed by atoms with Crippen molar-refractivity contribution in [2.24, 2.45) is 0 Å². The normalized spacial score (nSPS) is 14.9. The molecule has 1 aliphatic rings. The summed E-state index contributed by atoms with van der Waals surface area (Å²) in [7, 11) is 0. The fourth-order valence-electron chi connectivity index (χ4n) is 2.90. The average molecular weight is 452 g/mol. The molecular weight excluding hydrogens is 432 g/mol. The van der Waals surface area contributed by atoms with Crippen molar-refractivity contribution in [2.75, 3.05) is 11.4 Å². The Bertz CT molecular complexity index is 859. The molecule has 0 saturated carbocycles. The summed E-state index contributed by atoms with van der Waals surface area (Å²) in [6.45, 7) is 2.80. The first-order valence-electron chi connectivity index (χ1n) is 8.73. The van der Waals surface area contributed by atoms with E-state index in [1.165, 1.54) is 0 Å². The number of amides is 2. The van der Waals surface area contributed by atoms with Crippen LogP contribution in [0.4, 0.5) is 5.69 Å². The smallest absolute Gasteiger partial charge is 0.261 e. The maximum atomic E-state index is 12.4. The molecule has 27 heavy (non-hydrogen) atoms. The highest BCUT2D eigenvalue weighted by molar-refractivity contribution is 9.10. The molecule has 0 spiro atoms. The summed E-state index contributed by atoms with van der Waals surface area (Å²) < 4.78 is 6.39. The van der Waals surface area contributed by atoms with Crippen LogP contribution in [-0.4, -0.2) is 24.5 Å². The van der Waals surface area contributed by atoms with Crippen LogP contribution in [-0.2, 0) is 16.1 Å². The van der Waals surface area contributed by atoms with Gasteiger partial charge in [0.05, 0.1) is 4.47 Å². The van der Waals surface area contributed by atoms with Crippen molar-refractivity contribution in [3.05, 3.63) is 57.5 Å². The molecule has 1 aliphatic heterocycles. The van der Waals surface area contributed by atoms with Gasteiger partial charge in [-0.15, -0.1) is 0 Å². The Labute approximate surface area is 171 Å². The van der Waals surface area contributed by atoms with Gasteiger partial charge in [-0.2, -0.15) is 0 Å². The fourth-order valence-corrected chi connectivity index (χ4v) is 3.68. The third kappa shape index (κ3) is 5.02. The van der Waals surface area contributed by atoms with Gasteiger partial charge < -0.3 is 15.0 Å². The Balaban J connectivity index is 1.57. The number of benzene rings is 2. The van der Waals surface area contributed by atoms with Crippen LogP contribution >= 0.6 is 27.5 Å². The zero-order valence-electron chi connectivity index (χ0n) is 14.9. The van der Waals surface area contributed by atoms with Crippen molar-refractivity contribution in [1.29, 1.82) is 0 Å². The minimum atomic E-state index is -0.661. The summed E-state index contributed by atoms with van der Waals surface area (Å²) >= 11 is 9.29. The maximum Gasteiger partial charge on any atom is 0.261 e. The average Bonchev–Trinajstić information content (AvgIpc) is 3.08. The lowest BCUT2D eigenvalue weighted by Gasteiger charge is -2.18. The molecule has 0 radical (unpaired) electrons. The van der Waals surface area contributed by atoms with Crippen LogP contribution in [0.25, 0.3) is 0 Å². The van der Waals surface area contributed by atoms with Crippen LogP contribution in [0.2, 0.25) is 5.02 Å². The third-order valence-electron chi connectivity index (χ3n) is 4.33. The number of carbonyl (C=O) groups excluding carboxylic acids is 2. The summed E-state index contributed by atoms with van der Waals surface area (Å²) in [5.74, 6) is 0.475. The quantitative estimate of drug-likeness (QED) is 0.712. The summed E-state index contributed by atoms with van der Waals surface area (Å²) in [6, 6.07) is 12.8. The molecule has 1 unspecified atom stereocenters. The van der Waals surface area contributed by atoms with Gasteiger partial charge in [-0.25, -0.2) is 0 Å². The van der Waals surface area contributed by atoms with E-state index in [2.05, 4.69) is 21.2 Å². The van der Waals surface area contributed by atoms with Crippen molar-refractivity contribution in [3.63, 3.8) is 0 Å². The highest BCUT2D eigenvalue weighted by Gasteiger charge is 2.22. The molecule has 2 aromatic rings. The fraction of sp³-hybridized carbons (Fsp3) is 0.300. The van der Waals surface area contributed by atoms with Crippen molar-refractivity contribution < 1.29 is 14.3 Å². The van der Waals surface area contributed by atoms with Crippen LogP contribution in [0.5, 0.6) is 5.75 Å². The standard InChI is InChI=1S/C20H20BrClN2O3/c1-13(27-18-8-7-15(22)11-17(18)21)20(26)23-12-14-4-2-5-16(10-14)24-9-3-6-19(24)25/h2,4-5,7-8,10-11,13H,3,6,9,12H2,1H3,(H,23,26). The van der Waals surface area contributed by atoms with Crippen molar-refractivity contribution in [1.82, 2.24) is 5.32 Å². The molecular formula is C20H20BrClN2O3. The van der Waals surface area contributed by atoms with Gasteiger partial charge in [0.1, 0.15) is 5.75 Å². The number of ether oxygens (including phenoxy) is 1. The molecule has 2 amide bonds. The van der Waals surface area contributed by atoms with Gasteiger partial charge in [0.25, 0.3) is 5.91 Å². The van der Waals surface area contributed by atoms with Gasteiger partial charge in [-0.3, -0.25) is 9.59 Å². The zero-order valence-corrected chi connectivity index (χ0v) is 17.2. The van der Waals surface area contributed by atoms with Gasteiger partial charge in [0.2, 0.25) is 5.91 Å². The highest BCUT2D eigenvalue weighted by Crippen LogP contribution is 2.28. The van der Waals surface area contributed by atoms with Gasteiger partial charge in [-0.05, 0) is 65.2 Å². The molecule has 2 aromatic carbocycles. The Hall–Kier alpha value is -2.05. The molecule has 1 heterocycles. The van der Waals surface area contributed by atoms with Gasteiger partial charge >= 0.3 is 0 Å². The second-order valence-corrected chi connectivity index (χ2v) is 7.66. The Morgan fingerprint density at radius 3 is 2.85 bits per heavy atom. The number of rotatable bonds is 6. The topological polar surface area (TPSA) is 58.6 Å². The summed E-state index contributed by atoms with van der Waals surface area (Å²) in [5.41, 5.74) is 1.80. The van der Waals surface area contributed by atoms with Crippen molar-refractivity contribution in [3.8, 4) is 5.75 Å². The number of hydrogen-bond donors (Lipinski definition) is 1. The van der Waals surface area contributed by atoms with Gasteiger partial charge in [-0.1, -0.05) is 23.7 Å². The van der Waals surface area contributed by atoms with Crippen LogP contribution in [0, 0.1) is 0 Å². The molecule has 1 saturated heterocycles. The largest absolute Gasteiger partial charge is 0.480 e. The van der Waals surface area contributed by atoms with Crippen LogP contribution in [0.1, 0.15) is 25.3 Å². The lowest BCUT2D eigenvalue weighted by Crippen LogP contribution is -2.36. The first-order valence-corrected chi connectivity index (χ1v) is 9.90. The van der Waals surface area contributed by atoms with E-state index in [0.717, 1.165) is 24.2 Å². The number of hydrogen-bond acceptors (Lipinski definition) is 3. The summed E-state index contributed by atoms with van der Waals surface area (Å²) in [5, 5.41) is 3.46. The molecule has 0 bridgehead atoms. The zero-order chi connectivity index (χ0) is 19.4. The van der Waals surface area contributed by atoms with Crippen LogP contribution in [0.3, 0.4) is 0 Å². The van der Waals surface area contributed by atoms with Gasteiger partial charge in [0, 0.05) is 30.2 Å². The number of carbonyl (C=O) groups is 2. The molecule has 1 N–H and O–H groups in total. The molecule has 3 rings (SSSR count). The number of halogens is 2. The molecule has 0 aliphatic carbocycles. The minimum Gasteiger partial charge on any atom is -0.480 e. The van der Waals surface area contributed by atoms with E-state index in [1.807, 2.05) is 24.3 Å². The van der Waals surface area contributed by atoms with Crippen LogP contribution < -0.4 is 15.0 Å². The molecule has 1 atom stereocenters. The molecule has 142 valence electrons. The SMILES string of the molecule is CC(Oc1ccc(Cl)cc1Br)C(=O)NCc1cccc(N2CCCC2=O)c1. The third-order valence-corrected chi connectivity index (χ3v) is 5.18. The van der Waals surface area contributed by atoms with Crippen molar-refractivity contribution in [2.45, 2.75) is 32.4 Å². The lowest BCUT2D eigenvalue weighted by molar-refractivity contribution is -0.127. The van der Waals surface area contributed by atoms with E-state index >= 15 is 0 Å². The van der Waals surface area contributed by atoms with E-state index in [9.17, 15) is 9.59 Å². The number of nitrogens with one attached hydrogen (secondary N) is 1. The molecule has 7 heteroatoms. The predicted molar refractivity (Wildman–Crippen MR) is 109 cm³/mol. The number of anilines is 1.